The van der Waals surface area contributed by atoms with Gasteiger partial charge in [-0.2, -0.15) is 15.0 Å². The van der Waals surface area contributed by atoms with Crippen LogP contribution in [0.1, 0.15) is 13.8 Å². The second-order valence-electron chi connectivity index (χ2n) is 4.45. The van der Waals surface area contributed by atoms with Crippen LogP contribution in [0.25, 0.3) is 5.95 Å². The van der Waals surface area contributed by atoms with Crippen LogP contribution >= 0.6 is 0 Å². The summed E-state index contributed by atoms with van der Waals surface area (Å²) < 4.78 is 1.71. The molecule has 0 saturated carbocycles. The quantitative estimate of drug-likeness (QED) is 0.678. The molecule has 0 aliphatic carbocycles. The van der Waals surface area contributed by atoms with Crippen LogP contribution in [-0.2, 0) is 0 Å². The van der Waals surface area contributed by atoms with E-state index in [1.54, 1.807) is 23.3 Å². The van der Waals surface area contributed by atoms with E-state index in [4.69, 9.17) is 5.11 Å². The SMILES string of the molecule is CCNc1nc(NCC(C)CO)nc(-n2ccnc2)n1. The fourth-order valence-corrected chi connectivity index (χ4v) is 1.50. The summed E-state index contributed by atoms with van der Waals surface area (Å²) in [4.78, 5) is 16.9. The van der Waals surface area contributed by atoms with Crippen molar-refractivity contribution in [1.29, 1.82) is 0 Å². The van der Waals surface area contributed by atoms with E-state index < -0.39 is 0 Å². The maximum Gasteiger partial charge on any atom is 0.241 e. The maximum atomic E-state index is 9.04. The Bertz CT molecular complexity index is 529. The number of nitrogens with one attached hydrogen (secondary N) is 2. The van der Waals surface area contributed by atoms with E-state index in [0.717, 1.165) is 6.54 Å². The normalized spacial score (nSPS) is 12.2. The van der Waals surface area contributed by atoms with Gasteiger partial charge in [-0.05, 0) is 12.8 Å². The molecule has 8 nitrogen and oxygen atoms in total. The number of hydrogen-bond donors (Lipinski definition) is 3. The van der Waals surface area contributed by atoms with Crippen molar-refractivity contribution in [1.82, 2.24) is 24.5 Å². The third-order valence-corrected chi connectivity index (χ3v) is 2.61. The number of aliphatic hydroxyl groups is 1. The van der Waals surface area contributed by atoms with Gasteiger partial charge in [0, 0.05) is 32.1 Å². The van der Waals surface area contributed by atoms with Crippen LogP contribution in [0.5, 0.6) is 0 Å². The molecule has 0 fully saturated rings. The van der Waals surface area contributed by atoms with E-state index in [9.17, 15) is 0 Å². The molecule has 3 N–H and O–H groups in total. The largest absolute Gasteiger partial charge is 0.396 e. The highest BCUT2D eigenvalue weighted by Gasteiger charge is 2.08. The van der Waals surface area contributed by atoms with Crippen molar-refractivity contribution in [2.45, 2.75) is 13.8 Å². The van der Waals surface area contributed by atoms with E-state index >= 15 is 0 Å². The van der Waals surface area contributed by atoms with Gasteiger partial charge in [0.2, 0.25) is 17.8 Å². The first-order chi connectivity index (χ1) is 9.72. The lowest BCUT2D eigenvalue weighted by molar-refractivity contribution is 0.244. The van der Waals surface area contributed by atoms with Gasteiger partial charge in [0.1, 0.15) is 6.33 Å². The van der Waals surface area contributed by atoms with E-state index in [0.29, 0.717) is 24.4 Å². The predicted octanol–water partition coefficient (Wildman–Crippen LogP) is 0.529. The number of nitrogens with zero attached hydrogens (tertiary/aromatic N) is 5. The average Bonchev–Trinajstić information content (AvgIpc) is 2.99. The summed E-state index contributed by atoms with van der Waals surface area (Å²) in [7, 11) is 0. The lowest BCUT2D eigenvalue weighted by Crippen LogP contribution is -2.18. The van der Waals surface area contributed by atoms with Gasteiger partial charge < -0.3 is 15.7 Å². The van der Waals surface area contributed by atoms with Crippen molar-refractivity contribution in [3.63, 3.8) is 0 Å². The summed E-state index contributed by atoms with van der Waals surface area (Å²) in [6, 6.07) is 0. The monoisotopic (exact) mass is 277 g/mol. The first-order valence-electron chi connectivity index (χ1n) is 6.56. The average molecular weight is 277 g/mol. The molecule has 20 heavy (non-hydrogen) atoms. The molecule has 1 unspecified atom stereocenters. The molecular formula is C12H19N7O. The van der Waals surface area contributed by atoms with Crippen molar-refractivity contribution in [3.05, 3.63) is 18.7 Å². The zero-order valence-corrected chi connectivity index (χ0v) is 11.6. The number of aliphatic hydroxyl groups excluding tert-OH is 1. The van der Waals surface area contributed by atoms with Crippen LogP contribution in [0.2, 0.25) is 0 Å². The van der Waals surface area contributed by atoms with E-state index in [1.807, 2.05) is 13.8 Å². The minimum atomic E-state index is 0.118. The molecule has 0 aliphatic rings. The molecule has 0 bridgehead atoms. The summed E-state index contributed by atoms with van der Waals surface area (Å²) in [6.45, 7) is 5.35. The first-order valence-corrected chi connectivity index (χ1v) is 6.56. The molecule has 2 rings (SSSR count). The number of aromatic nitrogens is 5. The molecule has 0 aromatic carbocycles. The van der Waals surface area contributed by atoms with Crippen molar-refractivity contribution >= 4 is 11.9 Å². The fourth-order valence-electron chi connectivity index (χ4n) is 1.50. The molecule has 2 aromatic rings. The standard InChI is InChI=1S/C12H19N7O/c1-3-14-10-16-11(15-6-9(2)7-20)18-12(17-10)19-5-4-13-8-19/h4-5,8-9,20H,3,6-7H2,1-2H3,(H2,14,15,16,17,18). The van der Waals surface area contributed by atoms with Gasteiger partial charge in [0.15, 0.2) is 0 Å². The van der Waals surface area contributed by atoms with Crippen LogP contribution in [0.4, 0.5) is 11.9 Å². The Morgan fingerprint density at radius 3 is 2.60 bits per heavy atom. The summed E-state index contributed by atoms with van der Waals surface area (Å²) in [5.74, 6) is 1.60. The molecule has 0 aliphatic heterocycles. The Morgan fingerprint density at radius 2 is 2.00 bits per heavy atom. The van der Waals surface area contributed by atoms with E-state index in [1.165, 1.54) is 0 Å². The lowest BCUT2D eigenvalue weighted by Gasteiger charge is -2.11. The van der Waals surface area contributed by atoms with Gasteiger partial charge in [-0.25, -0.2) is 4.98 Å². The van der Waals surface area contributed by atoms with Gasteiger partial charge in [-0.3, -0.25) is 4.57 Å². The van der Waals surface area contributed by atoms with Crippen LogP contribution in [-0.4, -0.2) is 49.3 Å². The van der Waals surface area contributed by atoms with Gasteiger partial charge in [0.05, 0.1) is 0 Å². The first kappa shape index (κ1) is 14.2. The maximum absolute atomic E-state index is 9.04. The van der Waals surface area contributed by atoms with E-state index in [-0.39, 0.29) is 12.5 Å². The Hall–Kier alpha value is -2.22. The molecule has 8 heteroatoms. The summed E-state index contributed by atoms with van der Waals surface area (Å²) in [5, 5.41) is 15.2. The third kappa shape index (κ3) is 3.64. The molecule has 1 atom stereocenters. The zero-order chi connectivity index (χ0) is 14.4. The molecule has 0 radical (unpaired) electrons. The van der Waals surface area contributed by atoms with Crippen LogP contribution in [0.15, 0.2) is 18.7 Å². The number of anilines is 2. The minimum absolute atomic E-state index is 0.118. The van der Waals surface area contributed by atoms with Crippen molar-refractivity contribution < 1.29 is 5.11 Å². The summed E-state index contributed by atoms with van der Waals surface area (Å²) in [6.07, 6.45) is 5.06. The van der Waals surface area contributed by atoms with Crippen molar-refractivity contribution in [2.75, 3.05) is 30.3 Å². The Labute approximate surface area is 117 Å². The second-order valence-corrected chi connectivity index (χ2v) is 4.45. The van der Waals surface area contributed by atoms with Crippen LogP contribution in [0, 0.1) is 5.92 Å². The number of rotatable bonds is 7. The highest BCUT2D eigenvalue weighted by molar-refractivity contribution is 5.37. The Kier molecular flexibility index (Phi) is 4.83. The fraction of sp³-hybridized carbons (Fsp3) is 0.500. The molecule has 2 heterocycles. The van der Waals surface area contributed by atoms with Gasteiger partial charge >= 0.3 is 0 Å². The molecule has 0 saturated heterocycles. The minimum Gasteiger partial charge on any atom is -0.396 e. The van der Waals surface area contributed by atoms with E-state index in [2.05, 4.69) is 30.6 Å². The Morgan fingerprint density at radius 1 is 1.25 bits per heavy atom. The molecular weight excluding hydrogens is 258 g/mol. The number of imidazole rings is 1. The van der Waals surface area contributed by atoms with Crippen LogP contribution in [0.3, 0.4) is 0 Å². The Balaban J connectivity index is 2.22. The second kappa shape index (κ2) is 6.80. The number of hydrogen-bond acceptors (Lipinski definition) is 7. The van der Waals surface area contributed by atoms with Gasteiger partial charge in [-0.15, -0.1) is 0 Å². The highest BCUT2D eigenvalue weighted by Crippen LogP contribution is 2.09. The summed E-state index contributed by atoms with van der Waals surface area (Å²) in [5.41, 5.74) is 0. The molecule has 0 spiro atoms. The zero-order valence-electron chi connectivity index (χ0n) is 11.6. The smallest absolute Gasteiger partial charge is 0.241 e. The predicted molar refractivity (Wildman–Crippen MR) is 75.9 cm³/mol. The molecule has 2 aromatic heterocycles. The third-order valence-electron chi connectivity index (χ3n) is 2.61. The highest BCUT2D eigenvalue weighted by atomic mass is 16.3. The van der Waals surface area contributed by atoms with Crippen molar-refractivity contribution in [3.8, 4) is 5.95 Å². The van der Waals surface area contributed by atoms with Crippen molar-refractivity contribution in [2.24, 2.45) is 5.92 Å². The van der Waals surface area contributed by atoms with Gasteiger partial charge in [-0.1, -0.05) is 6.92 Å². The van der Waals surface area contributed by atoms with Gasteiger partial charge in [0.25, 0.3) is 0 Å². The van der Waals surface area contributed by atoms with Crippen LogP contribution < -0.4 is 10.6 Å². The molecule has 108 valence electrons. The molecule has 0 amide bonds. The summed E-state index contributed by atoms with van der Waals surface area (Å²) >= 11 is 0. The lowest BCUT2D eigenvalue weighted by atomic mass is 10.2. The topological polar surface area (TPSA) is 101 Å².